The zero-order valence-corrected chi connectivity index (χ0v) is 16.8. The second kappa shape index (κ2) is 8.64. The molecular formula is C18H28N6OS. The summed E-state index contributed by atoms with van der Waals surface area (Å²) < 4.78 is 7.72. The van der Waals surface area contributed by atoms with Gasteiger partial charge in [0.25, 0.3) is 0 Å². The van der Waals surface area contributed by atoms with Gasteiger partial charge in [0, 0.05) is 56.7 Å². The van der Waals surface area contributed by atoms with Gasteiger partial charge in [0.2, 0.25) is 0 Å². The van der Waals surface area contributed by atoms with Gasteiger partial charge < -0.3 is 15.0 Å². The van der Waals surface area contributed by atoms with E-state index in [0.29, 0.717) is 12.5 Å². The van der Waals surface area contributed by atoms with Crippen LogP contribution in [0.2, 0.25) is 0 Å². The molecule has 3 heterocycles. The molecule has 0 bridgehead atoms. The van der Waals surface area contributed by atoms with E-state index >= 15 is 0 Å². The number of thiazole rings is 1. The van der Waals surface area contributed by atoms with E-state index in [1.807, 2.05) is 31.2 Å². The van der Waals surface area contributed by atoms with Crippen molar-refractivity contribution in [2.75, 3.05) is 33.3 Å². The Balaban J connectivity index is 1.53. The fraction of sp³-hybridized carbons (Fsp3) is 0.611. The van der Waals surface area contributed by atoms with Gasteiger partial charge in [0.05, 0.1) is 30.1 Å². The lowest BCUT2D eigenvalue weighted by molar-refractivity contribution is -0.00801. The Morgan fingerprint density at radius 2 is 2.35 bits per heavy atom. The summed E-state index contributed by atoms with van der Waals surface area (Å²) in [4.78, 5) is 11.4. The molecule has 1 aliphatic heterocycles. The van der Waals surface area contributed by atoms with Gasteiger partial charge in [-0.05, 0) is 0 Å². The van der Waals surface area contributed by atoms with E-state index in [1.54, 1.807) is 11.3 Å². The highest BCUT2D eigenvalue weighted by atomic mass is 32.1. The van der Waals surface area contributed by atoms with E-state index in [2.05, 4.69) is 39.5 Å². The Morgan fingerprint density at radius 3 is 3.00 bits per heavy atom. The maximum absolute atomic E-state index is 5.91. The highest BCUT2D eigenvalue weighted by Crippen LogP contribution is 2.22. The molecule has 0 spiro atoms. The number of hydrogen-bond acceptors (Lipinski definition) is 5. The standard InChI is InChI=1S/C18H28N6OS/c1-13(2)17-22-15(12-26-17)5-6-20-18(19-3)24-7-8-25-16(11-24)14-9-21-23(4)10-14/h9-10,12-13,16H,5-8,11H2,1-4H3,(H,19,20). The Hall–Kier alpha value is -1.93. The van der Waals surface area contributed by atoms with Gasteiger partial charge in [-0.2, -0.15) is 5.10 Å². The minimum Gasteiger partial charge on any atom is -0.370 e. The molecule has 142 valence electrons. The van der Waals surface area contributed by atoms with Gasteiger partial charge in [-0.3, -0.25) is 9.67 Å². The predicted molar refractivity (Wildman–Crippen MR) is 105 cm³/mol. The van der Waals surface area contributed by atoms with Crippen LogP contribution in [-0.4, -0.2) is 58.9 Å². The second-order valence-electron chi connectivity index (χ2n) is 6.81. The van der Waals surface area contributed by atoms with Crippen molar-refractivity contribution in [1.29, 1.82) is 0 Å². The molecule has 1 fully saturated rings. The molecular weight excluding hydrogens is 348 g/mol. The summed E-state index contributed by atoms with van der Waals surface area (Å²) in [6.07, 6.45) is 4.82. The van der Waals surface area contributed by atoms with Crippen LogP contribution in [0, 0.1) is 0 Å². The van der Waals surface area contributed by atoms with Crippen molar-refractivity contribution < 1.29 is 4.74 Å². The Bertz CT molecular complexity index is 738. The van der Waals surface area contributed by atoms with E-state index in [1.165, 1.54) is 5.01 Å². The summed E-state index contributed by atoms with van der Waals surface area (Å²) in [6, 6.07) is 0. The first-order valence-electron chi connectivity index (χ1n) is 9.07. The summed E-state index contributed by atoms with van der Waals surface area (Å²) in [7, 11) is 3.75. The normalized spacial score (nSPS) is 18.6. The maximum Gasteiger partial charge on any atom is 0.193 e. The van der Waals surface area contributed by atoms with Crippen LogP contribution in [-0.2, 0) is 18.2 Å². The van der Waals surface area contributed by atoms with Gasteiger partial charge >= 0.3 is 0 Å². The van der Waals surface area contributed by atoms with E-state index < -0.39 is 0 Å². The molecule has 0 aromatic carbocycles. The van der Waals surface area contributed by atoms with Crippen LogP contribution < -0.4 is 5.32 Å². The number of nitrogens with one attached hydrogen (secondary N) is 1. The number of aryl methyl sites for hydroxylation is 1. The molecule has 2 aromatic rings. The molecule has 1 saturated heterocycles. The van der Waals surface area contributed by atoms with Crippen LogP contribution in [0.4, 0.5) is 0 Å². The zero-order chi connectivity index (χ0) is 18.5. The smallest absolute Gasteiger partial charge is 0.193 e. The van der Waals surface area contributed by atoms with Crippen molar-refractivity contribution in [3.05, 3.63) is 34.0 Å². The number of morpholine rings is 1. The van der Waals surface area contributed by atoms with Gasteiger partial charge in [0.15, 0.2) is 5.96 Å². The lowest BCUT2D eigenvalue weighted by Gasteiger charge is -2.34. The zero-order valence-electron chi connectivity index (χ0n) is 16.0. The minimum absolute atomic E-state index is 0.0307. The molecule has 7 nitrogen and oxygen atoms in total. The molecule has 1 unspecified atom stereocenters. The third-order valence-electron chi connectivity index (χ3n) is 4.40. The average Bonchev–Trinajstić information content (AvgIpc) is 3.28. The molecule has 0 amide bonds. The van der Waals surface area contributed by atoms with Crippen molar-refractivity contribution in [2.45, 2.75) is 32.3 Å². The number of guanidine groups is 1. The van der Waals surface area contributed by atoms with Crippen molar-refractivity contribution in [3.8, 4) is 0 Å². The quantitative estimate of drug-likeness (QED) is 0.640. The molecule has 0 aliphatic carbocycles. The van der Waals surface area contributed by atoms with Crippen LogP contribution in [0.5, 0.6) is 0 Å². The van der Waals surface area contributed by atoms with E-state index in [9.17, 15) is 0 Å². The van der Waals surface area contributed by atoms with Crippen LogP contribution in [0.25, 0.3) is 0 Å². The van der Waals surface area contributed by atoms with Gasteiger partial charge in [-0.1, -0.05) is 13.8 Å². The van der Waals surface area contributed by atoms with E-state index in [0.717, 1.165) is 43.3 Å². The Labute approximate surface area is 159 Å². The summed E-state index contributed by atoms with van der Waals surface area (Å²) in [6.45, 7) is 7.48. The number of rotatable bonds is 5. The predicted octanol–water partition coefficient (Wildman–Crippen LogP) is 2.19. The number of nitrogens with zero attached hydrogens (tertiary/aromatic N) is 5. The van der Waals surface area contributed by atoms with Crippen molar-refractivity contribution in [1.82, 2.24) is 25.0 Å². The summed E-state index contributed by atoms with van der Waals surface area (Å²) in [5.41, 5.74) is 2.26. The molecule has 0 radical (unpaired) electrons. The van der Waals surface area contributed by atoms with Crippen LogP contribution in [0.15, 0.2) is 22.8 Å². The van der Waals surface area contributed by atoms with Gasteiger partial charge in [-0.15, -0.1) is 11.3 Å². The third-order valence-corrected chi connectivity index (χ3v) is 5.60. The first-order valence-corrected chi connectivity index (χ1v) is 9.94. The molecule has 1 N–H and O–H groups in total. The first-order chi connectivity index (χ1) is 12.6. The fourth-order valence-corrected chi connectivity index (χ4v) is 3.86. The largest absolute Gasteiger partial charge is 0.370 e. The molecule has 8 heteroatoms. The van der Waals surface area contributed by atoms with Crippen molar-refractivity contribution >= 4 is 17.3 Å². The van der Waals surface area contributed by atoms with E-state index in [4.69, 9.17) is 9.72 Å². The summed E-state index contributed by atoms with van der Waals surface area (Å²) in [5.74, 6) is 1.41. The molecule has 0 saturated carbocycles. The Kier molecular flexibility index (Phi) is 6.26. The van der Waals surface area contributed by atoms with Gasteiger partial charge in [-0.25, -0.2) is 4.98 Å². The highest BCUT2D eigenvalue weighted by molar-refractivity contribution is 7.09. The maximum atomic E-state index is 5.91. The number of aromatic nitrogens is 3. The number of ether oxygens (including phenoxy) is 1. The molecule has 26 heavy (non-hydrogen) atoms. The van der Waals surface area contributed by atoms with Gasteiger partial charge in [0.1, 0.15) is 6.10 Å². The minimum atomic E-state index is 0.0307. The summed E-state index contributed by atoms with van der Waals surface area (Å²) in [5, 5.41) is 11.1. The first kappa shape index (κ1) is 18.8. The van der Waals surface area contributed by atoms with E-state index in [-0.39, 0.29) is 6.10 Å². The average molecular weight is 377 g/mol. The van der Waals surface area contributed by atoms with Crippen LogP contribution >= 0.6 is 11.3 Å². The third kappa shape index (κ3) is 4.62. The monoisotopic (exact) mass is 376 g/mol. The summed E-state index contributed by atoms with van der Waals surface area (Å²) >= 11 is 1.75. The lowest BCUT2D eigenvalue weighted by Crippen LogP contribution is -2.48. The number of aliphatic imine (C=N–C) groups is 1. The van der Waals surface area contributed by atoms with Crippen LogP contribution in [0.3, 0.4) is 0 Å². The topological polar surface area (TPSA) is 67.6 Å². The molecule has 1 aliphatic rings. The molecule has 3 rings (SSSR count). The van der Waals surface area contributed by atoms with Crippen molar-refractivity contribution in [2.24, 2.45) is 12.0 Å². The fourth-order valence-electron chi connectivity index (χ4n) is 2.99. The molecule has 2 aromatic heterocycles. The second-order valence-corrected chi connectivity index (χ2v) is 7.70. The Morgan fingerprint density at radius 1 is 1.50 bits per heavy atom. The van der Waals surface area contributed by atoms with Crippen LogP contribution in [0.1, 0.15) is 42.1 Å². The highest BCUT2D eigenvalue weighted by Gasteiger charge is 2.25. The SMILES string of the molecule is CN=C(NCCc1csc(C(C)C)n1)N1CCOC(c2cnn(C)c2)C1. The number of hydrogen-bond donors (Lipinski definition) is 1. The lowest BCUT2D eigenvalue weighted by atomic mass is 10.1. The molecule has 1 atom stereocenters. The van der Waals surface area contributed by atoms with Crippen molar-refractivity contribution in [3.63, 3.8) is 0 Å².